The minimum atomic E-state index is -0.926. The number of rotatable bonds is 5. The van der Waals surface area contributed by atoms with Gasteiger partial charge in [-0.3, -0.25) is 19.8 Å². The van der Waals surface area contributed by atoms with Crippen molar-refractivity contribution in [3.63, 3.8) is 0 Å². The van der Waals surface area contributed by atoms with Crippen molar-refractivity contribution < 1.29 is 24.0 Å². The third kappa shape index (κ3) is 3.96. The number of nitro benzene ring substituents is 1. The molecule has 0 amide bonds. The summed E-state index contributed by atoms with van der Waals surface area (Å²) in [5, 5.41) is 19.4. The van der Waals surface area contributed by atoms with Crippen molar-refractivity contribution in [2.45, 2.75) is 19.0 Å². The third-order valence-corrected chi connectivity index (χ3v) is 3.35. The van der Waals surface area contributed by atoms with Crippen molar-refractivity contribution in [3.8, 4) is 0 Å². The molecule has 1 saturated heterocycles. The molecule has 0 spiro atoms. The highest BCUT2D eigenvalue weighted by atomic mass is 19.1. The number of ether oxygens (including phenoxy) is 1. The molecular formula is C13H15FN2O5. The van der Waals surface area contributed by atoms with Gasteiger partial charge in [-0.25, -0.2) is 0 Å². The van der Waals surface area contributed by atoms with Crippen LogP contribution >= 0.6 is 0 Å². The van der Waals surface area contributed by atoms with Crippen LogP contribution in [0.15, 0.2) is 18.2 Å². The van der Waals surface area contributed by atoms with Crippen molar-refractivity contribution in [2.75, 3.05) is 19.8 Å². The van der Waals surface area contributed by atoms with E-state index in [1.807, 2.05) is 4.90 Å². The first-order valence-electron chi connectivity index (χ1n) is 6.44. The summed E-state index contributed by atoms with van der Waals surface area (Å²) in [6.07, 6.45) is -0.0601. The Hall–Kier alpha value is -2.06. The molecule has 1 aromatic carbocycles. The van der Waals surface area contributed by atoms with Gasteiger partial charge >= 0.3 is 11.7 Å². The number of hydrogen-bond donors (Lipinski definition) is 1. The molecule has 1 aliphatic heterocycles. The molecule has 1 aromatic rings. The van der Waals surface area contributed by atoms with Crippen molar-refractivity contribution in [2.24, 2.45) is 0 Å². The third-order valence-electron chi connectivity index (χ3n) is 3.35. The summed E-state index contributed by atoms with van der Waals surface area (Å²) in [7, 11) is 0. The number of nitro groups is 1. The van der Waals surface area contributed by atoms with Crippen molar-refractivity contribution in [1.29, 1.82) is 0 Å². The molecule has 7 nitrogen and oxygen atoms in total. The summed E-state index contributed by atoms with van der Waals surface area (Å²) in [6.45, 7) is 1.65. The Labute approximate surface area is 120 Å². The topological polar surface area (TPSA) is 92.9 Å². The predicted molar refractivity (Wildman–Crippen MR) is 70.3 cm³/mol. The maximum Gasteiger partial charge on any atom is 0.305 e. The van der Waals surface area contributed by atoms with Crippen molar-refractivity contribution >= 4 is 11.7 Å². The van der Waals surface area contributed by atoms with E-state index in [2.05, 4.69) is 0 Å². The minimum Gasteiger partial charge on any atom is -0.481 e. The fourth-order valence-electron chi connectivity index (χ4n) is 2.32. The Kier molecular flexibility index (Phi) is 4.81. The van der Waals surface area contributed by atoms with Crippen LogP contribution in [0.4, 0.5) is 10.1 Å². The molecule has 1 atom stereocenters. The lowest BCUT2D eigenvalue weighted by molar-refractivity contribution is -0.387. The van der Waals surface area contributed by atoms with E-state index in [9.17, 15) is 19.3 Å². The summed E-state index contributed by atoms with van der Waals surface area (Å²) < 4.78 is 18.8. The molecule has 0 bridgehead atoms. The largest absolute Gasteiger partial charge is 0.481 e. The van der Waals surface area contributed by atoms with Gasteiger partial charge in [0.1, 0.15) is 0 Å². The number of hydrogen-bond acceptors (Lipinski definition) is 5. The van der Waals surface area contributed by atoms with Crippen LogP contribution < -0.4 is 0 Å². The van der Waals surface area contributed by atoms with E-state index in [-0.39, 0.29) is 12.5 Å². The van der Waals surface area contributed by atoms with Gasteiger partial charge in [0.25, 0.3) is 0 Å². The molecule has 0 aliphatic carbocycles. The normalized spacial score (nSPS) is 19.4. The molecular weight excluding hydrogens is 283 g/mol. The summed E-state index contributed by atoms with van der Waals surface area (Å²) in [5.41, 5.74) is -0.00166. The van der Waals surface area contributed by atoms with E-state index in [1.165, 1.54) is 6.07 Å². The van der Waals surface area contributed by atoms with E-state index in [4.69, 9.17) is 9.84 Å². The first-order chi connectivity index (χ1) is 9.97. The molecule has 0 aromatic heterocycles. The second kappa shape index (κ2) is 6.59. The molecule has 1 N–H and O–H groups in total. The van der Waals surface area contributed by atoms with Crippen LogP contribution in [0.25, 0.3) is 0 Å². The summed E-state index contributed by atoms with van der Waals surface area (Å²) in [6, 6.07) is 3.44. The van der Waals surface area contributed by atoms with Crippen LogP contribution in [-0.4, -0.2) is 46.7 Å². The van der Waals surface area contributed by atoms with E-state index in [0.717, 1.165) is 12.1 Å². The molecule has 2 rings (SSSR count). The van der Waals surface area contributed by atoms with Crippen LogP contribution in [0, 0.1) is 15.9 Å². The number of halogens is 1. The Balaban J connectivity index is 2.10. The van der Waals surface area contributed by atoms with Gasteiger partial charge in [0, 0.05) is 25.2 Å². The molecule has 8 heteroatoms. The van der Waals surface area contributed by atoms with Gasteiger partial charge in [0.05, 0.1) is 24.6 Å². The van der Waals surface area contributed by atoms with Crippen LogP contribution in [0.1, 0.15) is 12.0 Å². The quantitative estimate of drug-likeness (QED) is 0.652. The highest BCUT2D eigenvalue weighted by Gasteiger charge is 2.26. The van der Waals surface area contributed by atoms with Gasteiger partial charge in [0.2, 0.25) is 5.82 Å². The lowest BCUT2D eigenvalue weighted by Gasteiger charge is -2.34. The fourth-order valence-corrected chi connectivity index (χ4v) is 2.32. The van der Waals surface area contributed by atoms with Gasteiger partial charge in [-0.2, -0.15) is 4.39 Å². The average Bonchev–Trinajstić information content (AvgIpc) is 2.40. The molecule has 21 heavy (non-hydrogen) atoms. The average molecular weight is 298 g/mol. The smallest absolute Gasteiger partial charge is 0.305 e. The highest BCUT2D eigenvalue weighted by molar-refractivity contribution is 5.67. The van der Waals surface area contributed by atoms with Gasteiger partial charge in [0.15, 0.2) is 0 Å². The highest BCUT2D eigenvalue weighted by Crippen LogP contribution is 2.21. The molecule has 1 fully saturated rings. The second-order valence-electron chi connectivity index (χ2n) is 4.84. The Morgan fingerprint density at radius 3 is 2.95 bits per heavy atom. The van der Waals surface area contributed by atoms with Crippen LogP contribution in [0.5, 0.6) is 0 Å². The summed E-state index contributed by atoms with van der Waals surface area (Å²) in [4.78, 5) is 22.5. The lowest BCUT2D eigenvalue weighted by atomic mass is 10.1. The van der Waals surface area contributed by atoms with Gasteiger partial charge in [-0.1, -0.05) is 6.07 Å². The van der Waals surface area contributed by atoms with Crippen LogP contribution in [0.3, 0.4) is 0 Å². The van der Waals surface area contributed by atoms with Crippen molar-refractivity contribution in [3.05, 3.63) is 39.7 Å². The fraction of sp³-hybridized carbons (Fsp3) is 0.462. The van der Waals surface area contributed by atoms with Gasteiger partial charge in [-0.15, -0.1) is 0 Å². The van der Waals surface area contributed by atoms with Gasteiger partial charge < -0.3 is 9.84 Å². The first-order valence-corrected chi connectivity index (χ1v) is 6.44. The Morgan fingerprint density at radius 2 is 2.33 bits per heavy atom. The minimum absolute atomic E-state index is 0.0601. The molecule has 0 saturated carbocycles. The number of carboxylic acid groups (broad SMARTS) is 1. The number of carbonyl (C=O) groups is 1. The van der Waals surface area contributed by atoms with E-state index >= 15 is 0 Å². The monoisotopic (exact) mass is 298 g/mol. The summed E-state index contributed by atoms with van der Waals surface area (Å²) in [5.74, 6) is -1.81. The van der Waals surface area contributed by atoms with Crippen LogP contribution in [-0.2, 0) is 16.1 Å². The zero-order chi connectivity index (χ0) is 15.4. The summed E-state index contributed by atoms with van der Waals surface area (Å²) >= 11 is 0. The maximum absolute atomic E-state index is 13.6. The number of benzene rings is 1. The Bertz CT molecular complexity index is 551. The van der Waals surface area contributed by atoms with E-state index in [0.29, 0.717) is 31.9 Å². The standard InChI is InChI=1S/C13H15FN2O5/c14-11-5-9(1-2-12(11)16(19)20)7-15-3-4-21-8-10(15)6-13(17)18/h1-2,5,10H,3-4,6-8H2,(H,17,18). The number of carboxylic acids is 1. The number of nitrogens with zero attached hydrogens (tertiary/aromatic N) is 2. The Morgan fingerprint density at radius 1 is 1.57 bits per heavy atom. The molecule has 114 valence electrons. The van der Waals surface area contributed by atoms with Gasteiger partial charge in [-0.05, 0) is 11.6 Å². The molecule has 1 unspecified atom stereocenters. The van der Waals surface area contributed by atoms with E-state index < -0.39 is 22.4 Å². The molecule has 1 aliphatic rings. The number of morpholine rings is 1. The zero-order valence-electron chi connectivity index (χ0n) is 11.2. The maximum atomic E-state index is 13.6. The van der Waals surface area contributed by atoms with Crippen molar-refractivity contribution in [1.82, 2.24) is 4.90 Å². The lowest BCUT2D eigenvalue weighted by Crippen LogP contribution is -2.45. The number of aliphatic carboxylic acids is 1. The predicted octanol–water partition coefficient (Wildman–Crippen LogP) is 1.41. The second-order valence-corrected chi connectivity index (χ2v) is 4.84. The zero-order valence-corrected chi connectivity index (χ0v) is 11.2. The first kappa shape index (κ1) is 15.3. The molecule has 1 heterocycles. The van der Waals surface area contributed by atoms with E-state index in [1.54, 1.807) is 0 Å². The molecule has 0 radical (unpaired) electrons. The SMILES string of the molecule is O=C(O)CC1COCCN1Cc1ccc([N+](=O)[O-])c(F)c1. The van der Waals surface area contributed by atoms with Crippen LogP contribution in [0.2, 0.25) is 0 Å².